The molecule has 3 fully saturated rings. The molecule has 2 saturated heterocycles. The molecule has 5 rings (SSSR count). The van der Waals surface area contributed by atoms with Crippen LogP contribution in [0.4, 0.5) is 17.6 Å². The van der Waals surface area contributed by atoms with E-state index < -0.39 is 47.9 Å². The van der Waals surface area contributed by atoms with Crippen LogP contribution in [0.1, 0.15) is 49.0 Å². The van der Waals surface area contributed by atoms with Crippen LogP contribution in [-0.2, 0) is 9.53 Å². The summed E-state index contributed by atoms with van der Waals surface area (Å²) in [4.78, 5) is 31.9. The maximum Gasteiger partial charge on any atom is 0.417 e. The first-order valence-corrected chi connectivity index (χ1v) is 12.7. The molecule has 212 valence electrons. The molecule has 1 aliphatic carbocycles. The molecular weight excluding hydrogens is 526 g/mol. The van der Waals surface area contributed by atoms with E-state index >= 15 is 0 Å². The van der Waals surface area contributed by atoms with Crippen molar-refractivity contribution in [2.75, 3.05) is 26.9 Å². The first-order valence-electron chi connectivity index (χ1n) is 12.7. The number of aromatic amines is 1. The summed E-state index contributed by atoms with van der Waals surface area (Å²) in [6.07, 6.45) is -3.88. The van der Waals surface area contributed by atoms with Crippen molar-refractivity contribution in [2.45, 2.75) is 61.9 Å². The fraction of sp³-hybridized carbons (Fsp3) is 0.600. The molecule has 10 nitrogen and oxygen atoms in total. The first-order chi connectivity index (χ1) is 18.4. The fourth-order valence-electron chi connectivity index (χ4n) is 5.63. The van der Waals surface area contributed by atoms with Gasteiger partial charge in [-0.25, -0.2) is 9.37 Å². The third-order valence-corrected chi connectivity index (χ3v) is 8.07. The molecule has 2 aliphatic heterocycles. The second-order valence-corrected chi connectivity index (χ2v) is 10.5. The van der Waals surface area contributed by atoms with Gasteiger partial charge in [-0.3, -0.25) is 14.7 Å². The number of ether oxygens (including phenoxy) is 2. The van der Waals surface area contributed by atoms with E-state index in [1.165, 1.54) is 19.2 Å². The molecule has 0 bridgehead atoms. The summed E-state index contributed by atoms with van der Waals surface area (Å²) in [5, 5.41) is 19.5. The van der Waals surface area contributed by atoms with Gasteiger partial charge < -0.3 is 24.8 Å². The average Bonchev–Trinajstić information content (AvgIpc) is 3.38. The number of methoxy groups -OCH3 is 1. The highest BCUT2D eigenvalue weighted by atomic mass is 19.4. The fourth-order valence-corrected chi connectivity index (χ4v) is 5.63. The second kappa shape index (κ2) is 10.0. The number of aromatic nitrogens is 3. The summed E-state index contributed by atoms with van der Waals surface area (Å²) >= 11 is 0. The van der Waals surface area contributed by atoms with Crippen LogP contribution >= 0.6 is 0 Å². The zero-order valence-corrected chi connectivity index (χ0v) is 21.2. The van der Waals surface area contributed by atoms with Gasteiger partial charge >= 0.3 is 6.18 Å². The summed E-state index contributed by atoms with van der Waals surface area (Å²) in [6.45, 7) is 0.730. The number of rotatable bonds is 5. The molecule has 2 aromatic heterocycles. The largest absolute Gasteiger partial charge is 0.481 e. The number of aliphatic hydroxyl groups is 1. The molecule has 39 heavy (non-hydrogen) atoms. The van der Waals surface area contributed by atoms with E-state index in [0.717, 1.165) is 6.20 Å². The maximum atomic E-state index is 14.3. The molecule has 2 aromatic rings. The van der Waals surface area contributed by atoms with Gasteiger partial charge in [0.15, 0.2) is 11.4 Å². The standard InChI is InChI=1S/C25H29F4N5O5/c1-38-20-8-16(17(26)11-30-20)18-9-19(33-32-18)22(36)34-7-4-14(10-23(34)12-39-13-23)21(35)31-15-2-5-24(37,6-3-15)25(27,28)29/h8-9,11,14-15,37H,2-7,10,12-13H2,1H3,(H,31,35)(H,32,33). The lowest BCUT2D eigenvalue weighted by atomic mass is 9.77. The molecule has 4 heterocycles. The monoisotopic (exact) mass is 555 g/mol. The van der Waals surface area contributed by atoms with Gasteiger partial charge in [-0.2, -0.15) is 18.3 Å². The molecule has 1 saturated carbocycles. The van der Waals surface area contributed by atoms with Gasteiger partial charge in [0, 0.05) is 30.1 Å². The Hall–Kier alpha value is -3.26. The number of H-pyrrole nitrogens is 1. The van der Waals surface area contributed by atoms with Gasteiger partial charge in [0.2, 0.25) is 11.8 Å². The van der Waals surface area contributed by atoms with E-state index in [1.54, 1.807) is 4.90 Å². The molecular formula is C25H29F4N5O5. The van der Waals surface area contributed by atoms with Crippen molar-refractivity contribution >= 4 is 11.8 Å². The average molecular weight is 556 g/mol. The number of likely N-dealkylation sites (tertiary alicyclic amines) is 1. The number of amides is 2. The Morgan fingerprint density at radius 2 is 1.95 bits per heavy atom. The predicted octanol–water partition coefficient (Wildman–Crippen LogP) is 2.59. The van der Waals surface area contributed by atoms with Gasteiger partial charge in [-0.05, 0) is 44.6 Å². The van der Waals surface area contributed by atoms with Crippen molar-refractivity contribution in [1.82, 2.24) is 25.4 Å². The third-order valence-electron chi connectivity index (χ3n) is 8.07. The molecule has 14 heteroatoms. The van der Waals surface area contributed by atoms with Gasteiger partial charge in [0.05, 0.1) is 37.8 Å². The predicted molar refractivity (Wildman–Crippen MR) is 127 cm³/mol. The zero-order chi connectivity index (χ0) is 28.0. The molecule has 1 atom stereocenters. The van der Waals surface area contributed by atoms with Crippen LogP contribution in [0.3, 0.4) is 0 Å². The van der Waals surface area contributed by atoms with Crippen LogP contribution in [0.15, 0.2) is 18.3 Å². The van der Waals surface area contributed by atoms with Crippen LogP contribution in [0.25, 0.3) is 11.3 Å². The van der Waals surface area contributed by atoms with Crippen LogP contribution in [0, 0.1) is 11.7 Å². The number of carbonyl (C=O) groups is 2. The molecule has 1 spiro atoms. The first kappa shape index (κ1) is 27.3. The topological polar surface area (TPSA) is 130 Å². The van der Waals surface area contributed by atoms with Crippen molar-refractivity contribution in [3.8, 4) is 17.1 Å². The molecule has 0 radical (unpaired) electrons. The Balaban J connectivity index is 1.23. The molecule has 3 aliphatic rings. The van der Waals surface area contributed by atoms with E-state index in [9.17, 15) is 32.3 Å². The molecule has 1 unspecified atom stereocenters. The van der Waals surface area contributed by atoms with Crippen molar-refractivity contribution in [1.29, 1.82) is 0 Å². The highest BCUT2D eigenvalue weighted by Gasteiger charge is 2.55. The number of carbonyl (C=O) groups excluding carboxylic acids is 2. The Morgan fingerprint density at radius 3 is 2.56 bits per heavy atom. The summed E-state index contributed by atoms with van der Waals surface area (Å²) in [5.74, 6) is -1.52. The van der Waals surface area contributed by atoms with Gasteiger partial charge in [-0.15, -0.1) is 0 Å². The minimum Gasteiger partial charge on any atom is -0.481 e. The number of nitrogens with zero attached hydrogens (tertiary/aromatic N) is 3. The Labute approximate surface area is 221 Å². The minimum absolute atomic E-state index is 0.0272. The number of halogens is 4. The van der Waals surface area contributed by atoms with Crippen molar-refractivity contribution in [3.63, 3.8) is 0 Å². The number of piperidine rings is 1. The maximum absolute atomic E-state index is 14.3. The highest BCUT2D eigenvalue weighted by molar-refractivity contribution is 5.94. The normalized spacial score (nSPS) is 26.7. The number of nitrogens with one attached hydrogen (secondary N) is 2. The second-order valence-electron chi connectivity index (χ2n) is 10.5. The van der Waals surface area contributed by atoms with Crippen molar-refractivity contribution < 1.29 is 41.7 Å². The lowest BCUT2D eigenvalue weighted by Crippen LogP contribution is -2.68. The van der Waals surface area contributed by atoms with Crippen molar-refractivity contribution in [3.05, 3.63) is 29.8 Å². The number of hydrogen-bond acceptors (Lipinski definition) is 7. The highest BCUT2D eigenvalue weighted by Crippen LogP contribution is 2.42. The Morgan fingerprint density at radius 1 is 1.23 bits per heavy atom. The van der Waals surface area contributed by atoms with E-state index in [0.29, 0.717) is 12.8 Å². The van der Waals surface area contributed by atoms with Crippen LogP contribution in [0.5, 0.6) is 5.88 Å². The Bertz CT molecular complexity index is 1240. The lowest BCUT2D eigenvalue weighted by Gasteiger charge is -2.54. The van der Waals surface area contributed by atoms with Gasteiger partial charge in [0.1, 0.15) is 5.69 Å². The van der Waals surface area contributed by atoms with Gasteiger partial charge in [-0.1, -0.05) is 0 Å². The van der Waals surface area contributed by atoms with Gasteiger partial charge in [0.25, 0.3) is 5.91 Å². The molecule has 0 aromatic carbocycles. The third kappa shape index (κ3) is 5.07. The summed E-state index contributed by atoms with van der Waals surface area (Å²) in [5.41, 5.74) is -2.96. The number of hydrogen-bond donors (Lipinski definition) is 3. The summed E-state index contributed by atoms with van der Waals surface area (Å²) < 4.78 is 64.1. The van der Waals surface area contributed by atoms with E-state index in [-0.39, 0.29) is 67.2 Å². The van der Waals surface area contributed by atoms with E-state index in [2.05, 4.69) is 20.5 Å². The van der Waals surface area contributed by atoms with E-state index in [4.69, 9.17) is 9.47 Å². The van der Waals surface area contributed by atoms with Crippen molar-refractivity contribution in [2.24, 2.45) is 5.92 Å². The summed E-state index contributed by atoms with van der Waals surface area (Å²) in [7, 11) is 1.40. The smallest absolute Gasteiger partial charge is 0.417 e. The van der Waals surface area contributed by atoms with Crippen LogP contribution < -0.4 is 10.1 Å². The number of pyridine rings is 1. The Kier molecular flexibility index (Phi) is 7.04. The lowest BCUT2D eigenvalue weighted by molar-refractivity contribution is -0.270. The zero-order valence-electron chi connectivity index (χ0n) is 21.2. The number of alkyl halides is 3. The van der Waals surface area contributed by atoms with Crippen LogP contribution in [0.2, 0.25) is 0 Å². The molecule has 3 N–H and O–H groups in total. The molecule has 2 amide bonds. The van der Waals surface area contributed by atoms with E-state index in [1.807, 2.05) is 0 Å². The SMILES string of the molecule is COc1cc(-c2cc(C(=O)N3CCC(C(=O)NC4CCC(O)(C(F)(F)F)CC4)CC34COC4)[nH]n2)c(F)cn1. The summed E-state index contributed by atoms with van der Waals surface area (Å²) in [6, 6.07) is 2.36. The minimum atomic E-state index is -4.70. The van der Waals surface area contributed by atoms with Crippen LogP contribution in [-0.4, -0.2) is 87.2 Å². The quantitative estimate of drug-likeness (QED) is 0.484.